The van der Waals surface area contributed by atoms with Gasteiger partial charge in [-0.3, -0.25) is 4.18 Å². The molecule has 0 aromatic heterocycles. The van der Waals surface area contributed by atoms with Crippen LogP contribution in [0.5, 0.6) is 0 Å². The minimum absolute atomic E-state index is 0.130. The normalized spacial score (nSPS) is 18.3. The maximum absolute atomic E-state index is 12.5. The van der Waals surface area contributed by atoms with Crippen LogP contribution in [0.1, 0.15) is 58.4 Å². The Hall–Kier alpha value is -1.43. The monoisotopic (exact) mass is 422 g/mol. The predicted octanol–water partition coefficient (Wildman–Crippen LogP) is 5.15. The van der Waals surface area contributed by atoms with Crippen molar-refractivity contribution in [2.75, 3.05) is 13.2 Å². The first-order chi connectivity index (χ1) is 13.8. The van der Waals surface area contributed by atoms with E-state index in [1.165, 1.54) is 0 Å². The van der Waals surface area contributed by atoms with E-state index in [0.717, 1.165) is 37.0 Å². The van der Waals surface area contributed by atoms with Gasteiger partial charge in [0.05, 0.1) is 17.6 Å². The van der Waals surface area contributed by atoms with Crippen LogP contribution in [0.15, 0.2) is 46.5 Å². The van der Waals surface area contributed by atoms with Crippen LogP contribution < -0.4 is 0 Å². The molecule has 0 N–H and O–H groups in total. The van der Waals surface area contributed by atoms with E-state index < -0.39 is 16.2 Å². The second kappa shape index (κ2) is 11.7. The average molecular weight is 423 g/mol. The molecule has 162 valence electrons. The van der Waals surface area contributed by atoms with Crippen molar-refractivity contribution >= 4 is 10.1 Å². The van der Waals surface area contributed by atoms with E-state index in [9.17, 15) is 8.42 Å². The molecule has 1 aromatic carbocycles. The van der Waals surface area contributed by atoms with Crippen molar-refractivity contribution < 1.29 is 22.1 Å². The number of rotatable bonds is 10. The van der Waals surface area contributed by atoms with Crippen molar-refractivity contribution in [2.24, 2.45) is 5.92 Å². The molecule has 1 aliphatic heterocycles. The number of benzene rings is 1. The lowest BCUT2D eigenvalue weighted by Crippen LogP contribution is -2.23. The van der Waals surface area contributed by atoms with Gasteiger partial charge in [-0.15, -0.1) is 5.73 Å². The van der Waals surface area contributed by atoms with Gasteiger partial charge >= 0.3 is 0 Å². The van der Waals surface area contributed by atoms with E-state index in [4.69, 9.17) is 13.7 Å². The molecule has 1 aliphatic rings. The Balaban J connectivity index is 1.96. The molecule has 6 heteroatoms. The Morgan fingerprint density at radius 3 is 2.59 bits per heavy atom. The molecule has 1 heterocycles. The molecule has 0 saturated carbocycles. The summed E-state index contributed by atoms with van der Waals surface area (Å²) in [6.07, 6.45) is 5.66. The summed E-state index contributed by atoms with van der Waals surface area (Å²) < 4.78 is 41.9. The number of hydrogen-bond donors (Lipinski definition) is 0. The first kappa shape index (κ1) is 23.8. The highest BCUT2D eigenvalue weighted by Gasteiger charge is 2.20. The Morgan fingerprint density at radius 2 is 1.97 bits per heavy atom. The van der Waals surface area contributed by atoms with Crippen LogP contribution in [0.3, 0.4) is 0 Å². The van der Waals surface area contributed by atoms with Gasteiger partial charge in [0, 0.05) is 13.0 Å². The number of ether oxygens (including phenoxy) is 2. The molecule has 0 bridgehead atoms. The summed E-state index contributed by atoms with van der Waals surface area (Å²) in [6, 6.07) is 6.68. The zero-order valence-corrected chi connectivity index (χ0v) is 18.8. The smallest absolute Gasteiger partial charge is 0.297 e. The third-order valence-corrected chi connectivity index (χ3v) is 6.03. The second-order valence-electron chi connectivity index (χ2n) is 7.95. The van der Waals surface area contributed by atoms with E-state index in [0.29, 0.717) is 25.4 Å². The van der Waals surface area contributed by atoms with Gasteiger partial charge in [-0.25, -0.2) is 0 Å². The molecule has 0 aliphatic carbocycles. The molecule has 29 heavy (non-hydrogen) atoms. The summed E-state index contributed by atoms with van der Waals surface area (Å²) >= 11 is 0. The maximum Gasteiger partial charge on any atom is 0.297 e. The van der Waals surface area contributed by atoms with Crippen LogP contribution in [-0.2, 0) is 23.8 Å². The SMILES string of the molecule is Cc1ccc(S(=O)(=O)OC(C)CC(=C=CC(C)C)CCOC2CCCCO2)cc1. The summed E-state index contributed by atoms with van der Waals surface area (Å²) in [5, 5.41) is 0. The van der Waals surface area contributed by atoms with Crippen LogP contribution in [0.4, 0.5) is 0 Å². The summed E-state index contributed by atoms with van der Waals surface area (Å²) in [4.78, 5) is 0.177. The highest BCUT2D eigenvalue weighted by Crippen LogP contribution is 2.20. The Kier molecular flexibility index (Phi) is 9.60. The summed E-state index contributed by atoms with van der Waals surface area (Å²) in [6.45, 7) is 9.13. The lowest BCUT2D eigenvalue weighted by atomic mass is 10.1. The van der Waals surface area contributed by atoms with E-state index in [1.807, 2.05) is 13.0 Å². The van der Waals surface area contributed by atoms with Gasteiger partial charge in [-0.05, 0) is 69.2 Å². The van der Waals surface area contributed by atoms with E-state index in [-0.39, 0.29) is 11.2 Å². The van der Waals surface area contributed by atoms with Gasteiger partial charge in [0.15, 0.2) is 6.29 Å². The zero-order valence-electron chi connectivity index (χ0n) is 18.0. The molecule has 2 atom stereocenters. The summed E-state index contributed by atoms with van der Waals surface area (Å²) in [5.74, 6) is 0.361. The molecule has 2 unspecified atom stereocenters. The fraction of sp³-hybridized carbons (Fsp3) is 0.609. The minimum atomic E-state index is -3.79. The largest absolute Gasteiger partial charge is 0.353 e. The Labute approximate surface area is 175 Å². The van der Waals surface area contributed by atoms with Crippen molar-refractivity contribution in [3.63, 3.8) is 0 Å². The standard InChI is InChI=1S/C23H34O5S/c1-18(2)8-11-21(14-16-27-23-7-5-6-15-26-23)17-20(4)28-29(24,25)22-12-9-19(3)10-13-22/h8-10,12-13,18,20,23H,5-7,14-17H2,1-4H3. The fourth-order valence-corrected chi connectivity index (χ4v) is 4.11. The molecule has 1 saturated heterocycles. The molecule has 5 nitrogen and oxygen atoms in total. The third-order valence-electron chi connectivity index (χ3n) is 4.60. The fourth-order valence-electron chi connectivity index (χ4n) is 3.03. The Bertz CT molecular complexity index is 783. The highest BCUT2D eigenvalue weighted by atomic mass is 32.2. The van der Waals surface area contributed by atoms with Gasteiger partial charge in [-0.1, -0.05) is 31.5 Å². The molecule has 2 rings (SSSR count). The van der Waals surface area contributed by atoms with Crippen LogP contribution in [0, 0.1) is 12.8 Å². The number of aryl methyl sites for hydroxylation is 1. The molecule has 0 spiro atoms. The average Bonchev–Trinajstić information content (AvgIpc) is 2.66. The lowest BCUT2D eigenvalue weighted by Gasteiger charge is -2.23. The Morgan fingerprint density at radius 1 is 1.24 bits per heavy atom. The van der Waals surface area contributed by atoms with Crippen molar-refractivity contribution in [1.29, 1.82) is 0 Å². The van der Waals surface area contributed by atoms with Crippen LogP contribution in [0.2, 0.25) is 0 Å². The second-order valence-corrected chi connectivity index (χ2v) is 9.53. The van der Waals surface area contributed by atoms with E-state index in [1.54, 1.807) is 31.2 Å². The van der Waals surface area contributed by atoms with Gasteiger partial charge in [-0.2, -0.15) is 8.42 Å². The molecular weight excluding hydrogens is 388 g/mol. The quantitative estimate of drug-likeness (QED) is 0.385. The first-order valence-corrected chi connectivity index (χ1v) is 11.8. The molecular formula is C23H34O5S. The van der Waals surface area contributed by atoms with Crippen molar-refractivity contribution in [3.8, 4) is 0 Å². The van der Waals surface area contributed by atoms with Crippen LogP contribution in [0.25, 0.3) is 0 Å². The first-order valence-electron chi connectivity index (χ1n) is 10.4. The molecule has 0 radical (unpaired) electrons. The lowest BCUT2D eigenvalue weighted by molar-refractivity contribution is -0.161. The van der Waals surface area contributed by atoms with Gasteiger partial charge in [0.25, 0.3) is 10.1 Å². The van der Waals surface area contributed by atoms with Gasteiger partial charge < -0.3 is 9.47 Å². The van der Waals surface area contributed by atoms with Gasteiger partial charge in [0.1, 0.15) is 0 Å². The molecule has 1 aromatic rings. The molecule has 1 fully saturated rings. The number of hydrogen-bond acceptors (Lipinski definition) is 5. The zero-order chi connectivity index (χ0) is 21.3. The van der Waals surface area contributed by atoms with Crippen molar-refractivity contribution in [1.82, 2.24) is 0 Å². The maximum atomic E-state index is 12.5. The van der Waals surface area contributed by atoms with Gasteiger partial charge in [0.2, 0.25) is 0 Å². The summed E-state index contributed by atoms with van der Waals surface area (Å²) in [7, 11) is -3.79. The highest BCUT2D eigenvalue weighted by molar-refractivity contribution is 7.86. The predicted molar refractivity (Wildman–Crippen MR) is 114 cm³/mol. The van der Waals surface area contributed by atoms with E-state index >= 15 is 0 Å². The van der Waals surface area contributed by atoms with E-state index in [2.05, 4.69) is 19.6 Å². The van der Waals surface area contributed by atoms with Crippen LogP contribution >= 0.6 is 0 Å². The third kappa shape index (κ3) is 8.85. The van der Waals surface area contributed by atoms with Crippen molar-refractivity contribution in [2.45, 2.75) is 77.1 Å². The van der Waals surface area contributed by atoms with Crippen LogP contribution in [-0.4, -0.2) is 34.0 Å². The minimum Gasteiger partial charge on any atom is -0.353 e. The topological polar surface area (TPSA) is 61.8 Å². The van der Waals surface area contributed by atoms with Crippen molar-refractivity contribution in [3.05, 3.63) is 47.2 Å². The summed E-state index contributed by atoms with van der Waals surface area (Å²) in [5.41, 5.74) is 5.31. The molecule has 0 amide bonds.